The van der Waals surface area contributed by atoms with Gasteiger partial charge in [0.25, 0.3) is 0 Å². The number of fused-ring (bicyclic) bond motifs is 1. The summed E-state index contributed by atoms with van der Waals surface area (Å²) >= 11 is 6.27. The van der Waals surface area contributed by atoms with E-state index in [1.165, 1.54) is 4.90 Å². The fraction of sp³-hybridized carbons (Fsp3) is 0.500. The molecule has 0 fully saturated rings. The number of halogens is 1. The number of carbonyl (C=O) groups excluding carboxylic acids is 1. The molecule has 3 rings (SSSR count). The van der Waals surface area contributed by atoms with Crippen LogP contribution in [0.25, 0.3) is 11.0 Å². The molecular formula is C22H30ClN7O3. The molecule has 1 amide bonds. The minimum Gasteiger partial charge on any atom is -0.444 e. The van der Waals surface area contributed by atoms with E-state index in [0.717, 1.165) is 5.56 Å². The van der Waals surface area contributed by atoms with Crippen LogP contribution in [0, 0.1) is 6.92 Å². The van der Waals surface area contributed by atoms with Gasteiger partial charge in [0.05, 0.1) is 19.7 Å². The number of amides is 1. The Hall–Kier alpha value is -2.98. The summed E-state index contributed by atoms with van der Waals surface area (Å²) in [7, 11) is 1.65. The molecule has 0 unspecified atom stereocenters. The fourth-order valence-corrected chi connectivity index (χ4v) is 3.29. The standard InChI is InChI=1S/C22H30ClN7O3/c1-7-32-11-10-30-18-17(15(28-30)13-29(6)21(31)33-22(3,4)5)26-20(23)27-19(18)25-16-12-14(2)8-9-24-16/h8-9,12H,7,10-11,13H2,1-6H3,(H,24,25,26,27). The first-order valence-corrected chi connectivity index (χ1v) is 11.1. The van der Waals surface area contributed by atoms with Gasteiger partial charge in [0, 0.05) is 19.9 Å². The van der Waals surface area contributed by atoms with E-state index in [2.05, 4.69) is 20.3 Å². The molecule has 0 saturated carbocycles. The van der Waals surface area contributed by atoms with E-state index >= 15 is 0 Å². The van der Waals surface area contributed by atoms with Gasteiger partial charge in [-0.05, 0) is 63.9 Å². The minimum atomic E-state index is -0.604. The van der Waals surface area contributed by atoms with Gasteiger partial charge in [0.1, 0.15) is 28.1 Å². The van der Waals surface area contributed by atoms with Crippen LogP contribution < -0.4 is 5.32 Å². The monoisotopic (exact) mass is 475 g/mol. The Kier molecular flexibility index (Phi) is 7.70. The Bertz CT molecular complexity index is 1130. The van der Waals surface area contributed by atoms with Gasteiger partial charge >= 0.3 is 6.09 Å². The third-order valence-corrected chi connectivity index (χ3v) is 4.70. The molecule has 0 aliphatic heterocycles. The molecule has 11 heteroatoms. The molecule has 3 aromatic rings. The van der Waals surface area contributed by atoms with E-state index in [-0.39, 0.29) is 11.8 Å². The van der Waals surface area contributed by atoms with Crippen LogP contribution in [0.15, 0.2) is 18.3 Å². The molecule has 178 valence electrons. The van der Waals surface area contributed by atoms with Crippen molar-refractivity contribution >= 4 is 40.4 Å². The lowest BCUT2D eigenvalue weighted by atomic mass is 10.2. The van der Waals surface area contributed by atoms with Crippen molar-refractivity contribution in [3.8, 4) is 0 Å². The second-order valence-corrected chi connectivity index (χ2v) is 8.92. The van der Waals surface area contributed by atoms with E-state index < -0.39 is 11.7 Å². The maximum Gasteiger partial charge on any atom is 0.410 e. The van der Waals surface area contributed by atoms with Gasteiger partial charge in [-0.1, -0.05) is 0 Å². The second kappa shape index (κ2) is 10.3. The van der Waals surface area contributed by atoms with Crippen molar-refractivity contribution in [3.05, 3.63) is 34.9 Å². The molecule has 0 spiro atoms. The van der Waals surface area contributed by atoms with Crippen molar-refractivity contribution in [2.75, 3.05) is 25.6 Å². The highest BCUT2D eigenvalue weighted by Crippen LogP contribution is 2.28. The first-order chi connectivity index (χ1) is 15.6. The van der Waals surface area contributed by atoms with Crippen molar-refractivity contribution in [2.45, 2.75) is 53.3 Å². The first kappa shape index (κ1) is 24.7. The summed E-state index contributed by atoms with van der Waals surface area (Å²) in [5, 5.41) is 7.99. The van der Waals surface area contributed by atoms with Crippen molar-refractivity contribution < 1.29 is 14.3 Å². The van der Waals surface area contributed by atoms with Gasteiger partial charge in [-0.15, -0.1) is 0 Å². The molecule has 0 aliphatic carbocycles. The predicted molar refractivity (Wildman–Crippen MR) is 127 cm³/mol. The molecule has 33 heavy (non-hydrogen) atoms. The second-order valence-electron chi connectivity index (χ2n) is 8.59. The smallest absolute Gasteiger partial charge is 0.410 e. The van der Waals surface area contributed by atoms with Crippen molar-refractivity contribution in [1.82, 2.24) is 29.6 Å². The molecule has 0 atom stereocenters. The minimum absolute atomic E-state index is 0.0585. The van der Waals surface area contributed by atoms with Gasteiger partial charge in [-0.25, -0.2) is 14.8 Å². The van der Waals surface area contributed by atoms with Crippen LogP contribution in [0.4, 0.5) is 16.4 Å². The number of aromatic nitrogens is 5. The number of rotatable bonds is 8. The predicted octanol–water partition coefficient (Wildman–Crippen LogP) is 4.33. The summed E-state index contributed by atoms with van der Waals surface area (Å²) in [5.41, 5.74) is 2.20. The van der Waals surface area contributed by atoms with Crippen LogP contribution in [-0.4, -0.2) is 61.6 Å². The normalized spacial score (nSPS) is 11.6. The van der Waals surface area contributed by atoms with Gasteiger partial charge in [-0.3, -0.25) is 4.68 Å². The summed E-state index contributed by atoms with van der Waals surface area (Å²) in [6.07, 6.45) is 1.26. The number of hydrogen-bond acceptors (Lipinski definition) is 8. The first-order valence-electron chi connectivity index (χ1n) is 10.7. The molecule has 0 aromatic carbocycles. The van der Waals surface area contributed by atoms with Crippen molar-refractivity contribution in [2.24, 2.45) is 0 Å². The number of nitrogens with one attached hydrogen (secondary N) is 1. The number of pyridine rings is 1. The fourth-order valence-electron chi connectivity index (χ4n) is 3.12. The molecule has 3 aromatic heterocycles. The quantitative estimate of drug-likeness (QED) is 0.379. The topological polar surface area (TPSA) is 107 Å². The van der Waals surface area contributed by atoms with Gasteiger partial charge < -0.3 is 19.7 Å². The Morgan fingerprint density at radius 1 is 1.30 bits per heavy atom. The Balaban J connectivity index is 2.02. The number of aryl methyl sites for hydroxylation is 1. The molecule has 1 N–H and O–H groups in total. The third-order valence-electron chi connectivity index (χ3n) is 4.54. The van der Waals surface area contributed by atoms with Crippen LogP contribution in [-0.2, 0) is 22.6 Å². The van der Waals surface area contributed by atoms with E-state index in [9.17, 15) is 4.79 Å². The van der Waals surface area contributed by atoms with Gasteiger partial charge in [0.15, 0.2) is 5.82 Å². The lowest BCUT2D eigenvalue weighted by Gasteiger charge is -2.24. The lowest BCUT2D eigenvalue weighted by Crippen LogP contribution is -2.34. The highest BCUT2D eigenvalue weighted by atomic mass is 35.5. The van der Waals surface area contributed by atoms with E-state index in [1.54, 1.807) is 17.9 Å². The summed E-state index contributed by atoms with van der Waals surface area (Å²) in [5.74, 6) is 1.09. The maximum atomic E-state index is 12.5. The van der Waals surface area contributed by atoms with Crippen LogP contribution in [0.1, 0.15) is 39.0 Å². The Morgan fingerprint density at radius 2 is 2.06 bits per heavy atom. The number of nitrogens with zero attached hydrogens (tertiary/aromatic N) is 6. The van der Waals surface area contributed by atoms with Crippen LogP contribution >= 0.6 is 11.6 Å². The molecule has 10 nitrogen and oxygen atoms in total. The number of hydrogen-bond donors (Lipinski definition) is 1. The molecule has 0 saturated heterocycles. The molecule has 0 radical (unpaired) electrons. The highest BCUT2D eigenvalue weighted by Gasteiger charge is 2.24. The van der Waals surface area contributed by atoms with E-state index in [0.29, 0.717) is 48.1 Å². The van der Waals surface area contributed by atoms with Crippen LogP contribution in [0.2, 0.25) is 5.28 Å². The zero-order valence-corrected chi connectivity index (χ0v) is 20.6. The molecule has 0 aliphatic rings. The average molecular weight is 476 g/mol. The maximum absolute atomic E-state index is 12.5. The molecular weight excluding hydrogens is 446 g/mol. The highest BCUT2D eigenvalue weighted by molar-refractivity contribution is 6.28. The number of carbonyl (C=O) groups is 1. The molecule has 0 bridgehead atoms. The SMILES string of the molecule is CCOCCn1nc(CN(C)C(=O)OC(C)(C)C)c2nc(Cl)nc(Nc3cc(C)ccn3)c21. The van der Waals surface area contributed by atoms with E-state index in [4.69, 9.17) is 26.2 Å². The summed E-state index contributed by atoms with van der Waals surface area (Å²) in [6.45, 7) is 11.1. The van der Waals surface area contributed by atoms with Crippen molar-refractivity contribution in [3.63, 3.8) is 0 Å². The molecule has 3 heterocycles. The lowest BCUT2D eigenvalue weighted by molar-refractivity contribution is 0.0283. The summed E-state index contributed by atoms with van der Waals surface area (Å²) in [6, 6.07) is 3.81. The Morgan fingerprint density at radius 3 is 2.73 bits per heavy atom. The zero-order valence-electron chi connectivity index (χ0n) is 19.8. The third kappa shape index (κ3) is 6.52. The summed E-state index contributed by atoms with van der Waals surface area (Å²) in [4.78, 5) is 27.1. The van der Waals surface area contributed by atoms with Gasteiger partial charge in [0.2, 0.25) is 5.28 Å². The van der Waals surface area contributed by atoms with Crippen LogP contribution in [0.3, 0.4) is 0 Å². The van der Waals surface area contributed by atoms with Gasteiger partial charge in [-0.2, -0.15) is 10.1 Å². The van der Waals surface area contributed by atoms with Crippen molar-refractivity contribution in [1.29, 1.82) is 0 Å². The zero-order chi connectivity index (χ0) is 24.2. The average Bonchev–Trinajstić information content (AvgIpc) is 3.04. The largest absolute Gasteiger partial charge is 0.444 e. The Labute approximate surface area is 198 Å². The number of anilines is 2. The number of ether oxygens (including phenoxy) is 2. The summed E-state index contributed by atoms with van der Waals surface area (Å²) < 4.78 is 12.7. The van der Waals surface area contributed by atoms with Crippen LogP contribution in [0.5, 0.6) is 0 Å². The van der Waals surface area contributed by atoms with E-state index in [1.807, 2.05) is 46.8 Å².